The van der Waals surface area contributed by atoms with Crippen molar-refractivity contribution in [2.75, 3.05) is 51.6 Å². The van der Waals surface area contributed by atoms with Gasteiger partial charge < -0.3 is 14.7 Å². The lowest BCUT2D eigenvalue weighted by Gasteiger charge is -2.43. The Kier molecular flexibility index (Phi) is 8.34. The maximum Gasteiger partial charge on any atom is 0.324 e. The topological polar surface area (TPSA) is 106 Å². The summed E-state index contributed by atoms with van der Waals surface area (Å²) in [6.45, 7) is 6.87. The Bertz CT molecular complexity index is 1010. The molecule has 196 valence electrons. The summed E-state index contributed by atoms with van der Waals surface area (Å²) in [5, 5.41) is 3.26. The third-order valence-electron chi connectivity index (χ3n) is 7.51. The monoisotopic (exact) mass is 526 g/mol. The number of piperazine rings is 1. The Morgan fingerprint density at radius 3 is 2.17 bits per heavy atom. The lowest BCUT2D eigenvalue weighted by Crippen LogP contribution is -2.54. The number of urea groups is 1. The van der Waals surface area contributed by atoms with E-state index in [4.69, 9.17) is 0 Å². The summed E-state index contributed by atoms with van der Waals surface area (Å²) < 4.78 is 28.2. The summed E-state index contributed by atoms with van der Waals surface area (Å²) in [5.41, 5.74) is 0.420. The molecule has 0 atom stereocenters. The van der Waals surface area contributed by atoms with Gasteiger partial charge in [0.2, 0.25) is 5.91 Å². The zero-order chi connectivity index (χ0) is 25.2. The molecule has 1 aromatic rings. The van der Waals surface area contributed by atoms with Crippen LogP contribution in [0.5, 0.6) is 0 Å². The molecular weight excluding hydrogens is 488 g/mol. The number of aryl methyl sites for hydroxylation is 1. The SMILES string of the molecule is CC(=O)N1CCC(N(C(=O)Nc2nc(C)c(S(=O)(=O)N3CCN(C)CC3)s2)C2CCCCC2)CC1. The molecule has 4 rings (SSSR count). The van der Waals surface area contributed by atoms with Gasteiger partial charge in [0.15, 0.2) is 9.34 Å². The van der Waals surface area contributed by atoms with Gasteiger partial charge in [0.05, 0.1) is 5.69 Å². The van der Waals surface area contributed by atoms with Crippen molar-refractivity contribution in [3.05, 3.63) is 5.69 Å². The average Bonchev–Trinajstić information content (AvgIpc) is 3.21. The van der Waals surface area contributed by atoms with Gasteiger partial charge in [0.1, 0.15) is 0 Å². The predicted molar refractivity (Wildman–Crippen MR) is 136 cm³/mol. The lowest BCUT2D eigenvalue weighted by atomic mass is 9.91. The molecular formula is C23H38N6O4S2. The van der Waals surface area contributed by atoms with Gasteiger partial charge in [-0.15, -0.1) is 0 Å². The third kappa shape index (κ3) is 5.98. The fraction of sp³-hybridized carbons (Fsp3) is 0.783. The van der Waals surface area contributed by atoms with Crippen molar-refractivity contribution in [2.45, 2.75) is 75.1 Å². The van der Waals surface area contributed by atoms with Crippen molar-refractivity contribution in [3.63, 3.8) is 0 Å². The zero-order valence-electron chi connectivity index (χ0n) is 21.0. The Labute approximate surface area is 212 Å². The normalized spacial score (nSPS) is 21.7. The molecule has 3 fully saturated rings. The van der Waals surface area contributed by atoms with E-state index < -0.39 is 10.0 Å². The van der Waals surface area contributed by atoms with E-state index in [1.54, 1.807) is 13.8 Å². The van der Waals surface area contributed by atoms with Crippen LogP contribution in [0.1, 0.15) is 57.6 Å². The second-order valence-corrected chi connectivity index (χ2v) is 13.1. The number of carbonyl (C=O) groups is 2. The molecule has 2 saturated heterocycles. The van der Waals surface area contributed by atoms with E-state index in [0.717, 1.165) is 49.9 Å². The highest BCUT2D eigenvalue weighted by atomic mass is 32.2. The number of amides is 3. The van der Waals surface area contributed by atoms with Crippen molar-refractivity contribution in [3.8, 4) is 0 Å². The summed E-state index contributed by atoms with van der Waals surface area (Å²) >= 11 is 1.04. The number of aromatic nitrogens is 1. The fourth-order valence-corrected chi connectivity index (χ4v) is 8.39. The van der Waals surface area contributed by atoms with Crippen LogP contribution in [0.4, 0.5) is 9.93 Å². The number of piperidine rings is 1. The first-order valence-corrected chi connectivity index (χ1v) is 14.9. The third-order valence-corrected chi connectivity index (χ3v) is 11.1. The Morgan fingerprint density at radius 2 is 1.57 bits per heavy atom. The molecule has 3 heterocycles. The van der Waals surface area contributed by atoms with Crippen LogP contribution >= 0.6 is 11.3 Å². The lowest BCUT2D eigenvalue weighted by molar-refractivity contribution is -0.130. The van der Waals surface area contributed by atoms with E-state index in [2.05, 4.69) is 15.2 Å². The molecule has 35 heavy (non-hydrogen) atoms. The smallest absolute Gasteiger partial charge is 0.324 e. The molecule has 2 aliphatic heterocycles. The zero-order valence-corrected chi connectivity index (χ0v) is 22.7. The van der Waals surface area contributed by atoms with E-state index in [1.807, 2.05) is 16.8 Å². The van der Waals surface area contributed by atoms with Crippen LogP contribution < -0.4 is 5.32 Å². The van der Waals surface area contributed by atoms with Crippen molar-refractivity contribution in [1.29, 1.82) is 0 Å². The number of likely N-dealkylation sites (tertiary alicyclic amines) is 1. The maximum atomic E-state index is 13.6. The van der Waals surface area contributed by atoms with Gasteiger partial charge in [-0.1, -0.05) is 30.6 Å². The van der Waals surface area contributed by atoms with Gasteiger partial charge in [-0.25, -0.2) is 18.2 Å². The minimum absolute atomic E-state index is 0.0586. The summed E-state index contributed by atoms with van der Waals surface area (Å²) in [6.07, 6.45) is 6.84. The van der Waals surface area contributed by atoms with E-state index in [1.165, 1.54) is 10.7 Å². The van der Waals surface area contributed by atoms with Crippen LogP contribution in [-0.4, -0.2) is 103 Å². The second kappa shape index (κ2) is 11.1. The molecule has 0 aromatic carbocycles. The minimum atomic E-state index is -3.65. The van der Waals surface area contributed by atoms with Crippen LogP contribution in [-0.2, 0) is 14.8 Å². The van der Waals surface area contributed by atoms with Gasteiger partial charge in [-0.2, -0.15) is 4.31 Å². The highest BCUT2D eigenvalue weighted by Crippen LogP contribution is 2.32. The van der Waals surface area contributed by atoms with Crippen molar-refractivity contribution in [1.82, 2.24) is 24.0 Å². The number of rotatable bonds is 5. The Balaban J connectivity index is 1.49. The van der Waals surface area contributed by atoms with Gasteiger partial charge in [0, 0.05) is 58.3 Å². The summed E-state index contributed by atoms with van der Waals surface area (Å²) in [7, 11) is -1.66. The molecule has 12 heteroatoms. The van der Waals surface area contributed by atoms with Gasteiger partial charge in [-0.3, -0.25) is 10.1 Å². The maximum absolute atomic E-state index is 13.6. The molecule has 1 N–H and O–H groups in total. The van der Waals surface area contributed by atoms with Crippen molar-refractivity contribution >= 4 is 38.4 Å². The summed E-state index contributed by atoms with van der Waals surface area (Å²) in [4.78, 5) is 35.7. The average molecular weight is 527 g/mol. The number of nitrogens with one attached hydrogen (secondary N) is 1. The standard InChI is InChI=1S/C23H38N6O4S2/c1-17-21(35(32,33)28-15-13-26(3)14-16-28)34-22(24-17)25-23(31)29(19-7-5-4-6-8-19)20-9-11-27(12-10-20)18(2)30/h19-20H,4-16H2,1-3H3,(H,24,25,31). The Morgan fingerprint density at radius 1 is 0.971 bits per heavy atom. The quantitative estimate of drug-likeness (QED) is 0.632. The molecule has 3 amide bonds. The van der Waals surface area contributed by atoms with E-state index in [-0.39, 0.29) is 28.2 Å². The number of hydrogen-bond donors (Lipinski definition) is 1. The second-order valence-electron chi connectivity index (χ2n) is 9.97. The fourth-order valence-electron chi connectivity index (χ4n) is 5.42. The summed E-state index contributed by atoms with van der Waals surface area (Å²) in [5.74, 6) is 0.0736. The van der Waals surface area contributed by atoms with Gasteiger partial charge >= 0.3 is 6.03 Å². The largest absolute Gasteiger partial charge is 0.343 e. The Hall–Kier alpha value is -1.76. The van der Waals surface area contributed by atoms with E-state index >= 15 is 0 Å². The molecule has 1 aliphatic carbocycles. The van der Waals surface area contributed by atoms with Crippen molar-refractivity contribution in [2.24, 2.45) is 0 Å². The number of likely N-dealkylation sites (N-methyl/N-ethyl adjacent to an activating group) is 1. The molecule has 3 aliphatic rings. The first-order chi connectivity index (χ1) is 16.7. The molecule has 0 unspecified atom stereocenters. The number of anilines is 1. The first-order valence-electron chi connectivity index (χ1n) is 12.7. The number of nitrogens with zero attached hydrogens (tertiary/aromatic N) is 5. The minimum Gasteiger partial charge on any atom is -0.343 e. The predicted octanol–water partition coefficient (Wildman–Crippen LogP) is 2.57. The molecule has 0 radical (unpaired) electrons. The number of sulfonamides is 1. The van der Waals surface area contributed by atoms with Crippen LogP contribution in [0, 0.1) is 6.92 Å². The van der Waals surface area contributed by atoms with Crippen LogP contribution in [0.25, 0.3) is 0 Å². The van der Waals surface area contributed by atoms with Gasteiger partial charge in [0.25, 0.3) is 10.0 Å². The molecule has 0 spiro atoms. The van der Waals surface area contributed by atoms with Crippen LogP contribution in [0.2, 0.25) is 0 Å². The van der Waals surface area contributed by atoms with E-state index in [9.17, 15) is 18.0 Å². The molecule has 10 nitrogen and oxygen atoms in total. The molecule has 1 aromatic heterocycles. The van der Waals surface area contributed by atoms with Gasteiger partial charge in [-0.05, 0) is 39.7 Å². The number of thiazole rings is 1. The molecule has 1 saturated carbocycles. The first kappa shape index (κ1) is 26.3. The van der Waals surface area contributed by atoms with Crippen molar-refractivity contribution < 1.29 is 18.0 Å². The highest BCUT2D eigenvalue weighted by Gasteiger charge is 2.36. The number of carbonyl (C=O) groups excluding carboxylic acids is 2. The van der Waals surface area contributed by atoms with Crippen LogP contribution in [0.15, 0.2) is 4.21 Å². The highest BCUT2D eigenvalue weighted by molar-refractivity contribution is 7.91. The van der Waals surface area contributed by atoms with E-state index in [0.29, 0.717) is 50.1 Å². The number of hydrogen-bond acceptors (Lipinski definition) is 7. The van der Waals surface area contributed by atoms with Crippen LogP contribution in [0.3, 0.4) is 0 Å². The summed E-state index contributed by atoms with van der Waals surface area (Å²) in [6, 6.07) is 0.00556. The molecule has 0 bridgehead atoms.